The lowest BCUT2D eigenvalue weighted by Gasteiger charge is -2.66. The summed E-state index contributed by atoms with van der Waals surface area (Å²) < 4.78 is 0. The van der Waals surface area contributed by atoms with Gasteiger partial charge >= 0.3 is 0 Å². The van der Waals surface area contributed by atoms with Crippen molar-refractivity contribution in [1.82, 2.24) is 0 Å². The highest BCUT2D eigenvalue weighted by molar-refractivity contribution is 5.15. The third kappa shape index (κ3) is 3.16. The van der Waals surface area contributed by atoms with Gasteiger partial charge < -0.3 is 15.3 Å². The van der Waals surface area contributed by atoms with E-state index in [1.807, 2.05) is 0 Å². The molecule has 0 saturated heterocycles. The molecule has 4 aliphatic rings. The van der Waals surface area contributed by atoms with Crippen molar-refractivity contribution in [2.45, 2.75) is 111 Å². The highest BCUT2D eigenvalue weighted by Crippen LogP contribution is 2.69. The van der Waals surface area contributed by atoms with Crippen LogP contribution in [-0.4, -0.2) is 33.6 Å². The normalized spacial score (nSPS) is 55.7. The van der Waals surface area contributed by atoms with E-state index in [2.05, 4.69) is 34.6 Å². The molecule has 4 rings (SSSR count). The SMILES string of the molecule is CCC[C@@H](C)[C@H]1CCC2[C@H]3C(C(O)C[C@@]21C)[C@@]1(C)CC[C@@H](O)C[C@H]1[C@@H](CC)[C@H]3O. The van der Waals surface area contributed by atoms with Gasteiger partial charge in [0.1, 0.15) is 0 Å². The molecule has 0 spiro atoms. The first-order chi connectivity index (χ1) is 13.7. The highest BCUT2D eigenvalue weighted by Gasteiger charge is 2.67. The van der Waals surface area contributed by atoms with E-state index in [9.17, 15) is 15.3 Å². The van der Waals surface area contributed by atoms with Crippen LogP contribution in [0, 0.1) is 52.3 Å². The minimum Gasteiger partial charge on any atom is -0.393 e. The molecule has 3 heteroatoms. The molecule has 0 radical (unpaired) electrons. The zero-order valence-electron chi connectivity index (χ0n) is 19.5. The fourth-order valence-electron chi connectivity index (χ4n) is 9.70. The maximum Gasteiger partial charge on any atom is 0.0605 e. The molecule has 0 aromatic rings. The molecule has 0 aromatic carbocycles. The topological polar surface area (TPSA) is 60.7 Å². The molecular weight excluding hydrogens is 360 g/mol. The van der Waals surface area contributed by atoms with Crippen LogP contribution in [0.15, 0.2) is 0 Å². The Balaban J connectivity index is 1.72. The number of hydrogen-bond acceptors (Lipinski definition) is 3. The van der Waals surface area contributed by atoms with Gasteiger partial charge in [-0.15, -0.1) is 0 Å². The average Bonchev–Trinajstić information content (AvgIpc) is 3.00. The molecule has 0 aliphatic heterocycles. The van der Waals surface area contributed by atoms with Gasteiger partial charge in [-0.05, 0) is 90.8 Å². The summed E-state index contributed by atoms with van der Waals surface area (Å²) in [6, 6.07) is 0. The number of hydrogen-bond donors (Lipinski definition) is 3. The van der Waals surface area contributed by atoms with E-state index in [0.29, 0.717) is 23.7 Å². The monoisotopic (exact) mass is 406 g/mol. The van der Waals surface area contributed by atoms with Crippen molar-refractivity contribution in [3.8, 4) is 0 Å². The first kappa shape index (κ1) is 22.1. The van der Waals surface area contributed by atoms with Crippen LogP contribution in [0.25, 0.3) is 0 Å². The maximum absolute atomic E-state index is 11.7. The van der Waals surface area contributed by atoms with Crippen LogP contribution in [0.3, 0.4) is 0 Å². The molecule has 168 valence electrons. The Morgan fingerprint density at radius 3 is 2.34 bits per heavy atom. The van der Waals surface area contributed by atoms with E-state index in [4.69, 9.17) is 0 Å². The summed E-state index contributed by atoms with van der Waals surface area (Å²) in [5.41, 5.74) is 0.212. The molecule has 3 unspecified atom stereocenters. The number of rotatable bonds is 4. The second-order valence-electron chi connectivity index (χ2n) is 12.0. The summed E-state index contributed by atoms with van der Waals surface area (Å²) in [5.74, 6) is 2.93. The quantitative estimate of drug-likeness (QED) is 0.614. The summed E-state index contributed by atoms with van der Waals surface area (Å²) in [7, 11) is 0. The van der Waals surface area contributed by atoms with Crippen molar-refractivity contribution in [3.05, 3.63) is 0 Å². The van der Waals surface area contributed by atoms with Crippen molar-refractivity contribution >= 4 is 0 Å². The third-order valence-corrected chi connectivity index (χ3v) is 10.8. The third-order valence-electron chi connectivity index (χ3n) is 10.8. The number of aliphatic hydroxyl groups excluding tert-OH is 3. The summed E-state index contributed by atoms with van der Waals surface area (Å²) in [4.78, 5) is 0. The zero-order chi connectivity index (χ0) is 21.1. The Labute approximate surface area is 178 Å². The van der Waals surface area contributed by atoms with Crippen LogP contribution in [-0.2, 0) is 0 Å². The molecule has 4 aliphatic carbocycles. The van der Waals surface area contributed by atoms with Crippen molar-refractivity contribution in [3.63, 3.8) is 0 Å². The van der Waals surface area contributed by atoms with E-state index in [0.717, 1.165) is 32.1 Å². The summed E-state index contributed by atoms with van der Waals surface area (Å²) in [6.07, 6.45) is 8.66. The van der Waals surface area contributed by atoms with E-state index in [1.54, 1.807) is 0 Å². The second-order valence-corrected chi connectivity index (χ2v) is 12.0. The predicted molar refractivity (Wildman–Crippen MR) is 117 cm³/mol. The van der Waals surface area contributed by atoms with Crippen LogP contribution in [0.1, 0.15) is 92.4 Å². The van der Waals surface area contributed by atoms with Crippen molar-refractivity contribution < 1.29 is 15.3 Å². The van der Waals surface area contributed by atoms with E-state index in [1.165, 1.54) is 25.7 Å². The molecule has 4 fully saturated rings. The molecular formula is C26H46O3. The van der Waals surface area contributed by atoms with Gasteiger partial charge in [0.2, 0.25) is 0 Å². The molecule has 29 heavy (non-hydrogen) atoms. The Morgan fingerprint density at radius 1 is 0.966 bits per heavy atom. The predicted octanol–water partition coefficient (Wildman–Crippen LogP) is 5.02. The fraction of sp³-hybridized carbons (Fsp3) is 1.00. The first-order valence-corrected chi connectivity index (χ1v) is 12.7. The van der Waals surface area contributed by atoms with Gasteiger partial charge in [-0.1, -0.05) is 53.9 Å². The molecule has 0 heterocycles. The van der Waals surface area contributed by atoms with Gasteiger partial charge in [0.25, 0.3) is 0 Å². The van der Waals surface area contributed by atoms with E-state index in [-0.39, 0.29) is 46.9 Å². The molecule has 0 amide bonds. The van der Waals surface area contributed by atoms with E-state index >= 15 is 0 Å². The first-order valence-electron chi connectivity index (χ1n) is 12.7. The lowest BCUT2D eigenvalue weighted by Crippen LogP contribution is -2.65. The molecule has 0 aromatic heterocycles. The average molecular weight is 407 g/mol. The minimum atomic E-state index is -0.326. The fourth-order valence-corrected chi connectivity index (χ4v) is 9.70. The summed E-state index contributed by atoms with van der Waals surface area (Å²) in [6.45, 7) is 11.8. The second kappa shape index (κ2) is 7.78. The zero-order valence-corrected chi connectivity index (χ0v) is 19.5. The van der Waals surface area contributed by atoms with Crippen LogP contribution >= 0.6 is 0 Å². The van der Waals surface area contributed by atoms with Gasteiger partial charge in [-0.2, -0.15) is 0 Å². The maximum atomic E-state index is 11.7. The highest BCUT2D eigenvalue weighted by atomic mass is 16.3. The van der Waals surface area contributed by atoms with Gasteiger partial charge in [0, 0.05) is 0 Å². The molecule has 12 atom stereocenters. The Morgan fingerprint density at radius 2 is 1.69 bits per heavy atom. The van der Waals surface area contributed by atoms with Crippen molar-refractivity contribution in [1.29, 1.82) is 0 Å². The van der Waals surface area contributed by atoms with Crippen LogP contribution in [0.5, 0.6) is 0 Å². The smallest absolute Gasteiger partial charge is 0.0605 e. The van der Waals surface area contributed by atoms with Crippen molar-refractivity contribution in [2.24, 2.45) is 52.3 Å². The largest absolute Gasteiger partial charge is 0.393 e. The van der Waals surface area contributed by atoms with Crippen LogP contribution in [0.4, 0.5) is 0 Å². The summed E-state index contributed by atoms with van der Waals surface area (Å²) in [5, 5.41) is 33.8. The minimum absolute atomic E-state index is 0.0532. The van der Waals surface area contributed by atoms with Gasteiger partial charge in [-0.3, -0.25) is 0 Å². The van der Waals surface area contributed by atoms with Crippen LogP contribution < -0.4 is 0 Å². The van der Waals surface area contributed by atoms with Crippen molar-refractivity contribution in [2.75, 3.05) is 0 Å². The molecule has 3 nitrogen and oxygen atoms in total. The Bertz CT molecular complexity index is 593. The lowest BCUT2D eigenvalue weighted by atomic mass is 9.40. The van der Waals surface area contributed by atoms with Gasteiger partial charge in [0.15, 0.2) is 0 Å². The molecule has 4 saturated carbocycles. The van der Waals surface area contributed by atoms with Gasteiger partial charge in [0.05, 0.1) is 18.3 Å². The number of aliphatic hydroxyl groups is 3. The Kier molecular flexibility index (Phi) is 5.93. The van der Waals surface area contributed by atoms with Crippen LogP contribution in [0.2, 0.25) is 0 Å². The lowest BCUT2D eigenvalue weighted by molar-refractivity contribution is -0.235. The standard InChI is InChI=1S/C26H46O3/c1-6-8-15(3)18-9-10-19-22-23(21(28)14-26(18,19)5)25(4)12-11-16(27)13-20(25)17(7-2)24(22)29/h15-24,27-29H,6-14H2,1-5H3/t15-,16-,17-,18-,19?,20+,21?,22+,23?,24-,25+,26-/m1/s1. The Hall–Kier alpha value is -0.120. The number of fused-ring (bicyclic) bond motifs is 5. The van der Waals surface area contributed by atoms with E-state index < -0.39 is 0 Å². The summed E-state index contributed by atoms with van der Waals surface area (Å²) >= 11 is 0. The molecule has 0 bridgehead atoms. The van der Waals surface area contributed by atoms with Gasteiger partial charge in [-0.25, -0.2) is 0 Å². The molecule has 3 N–H and O–H groups in total.